The van der Waals surface area contributed by atoms with Crippen LogP contribution in [-0.4, -0.2) is 24.5 Å². The second-order valence-corrected chi connectivity index (χ2v) is 4.92. The van der Waals surface area contributed by atoms with Crippen molar-refractivity contribution in [1.82, 2.24) is 0 Å². The maximum Gasteiger partial charge on any atom is 0.302 e. The molecule has 0 amide bonds. The number of benzene rings is 1. The number of esters is 1. The van der Waals surface area contributed by atoms with Crippen LogP contribution in [0.5, 0.6) is 0 Å². The number of carbonyl (C=O) groups excluding carboxylic acids is 2. The molecule has 0 unspecified atom stereocenters. The molecule has 1 aromatic carbocycles. The molecule has 4 heteroatoms. The third-order valence-electron chi connectivity index (χ3n) is 3.30. The van der Waals surface area contributed by atoms with E-state index in [-0.39, 0.29) is 24.5 Å². The third kappa shape index (κ3) is 3.14. The van der Waals surface area contributed by atoms with Crippen LogP contribution in [0.1, 0.15) is 29.7 Å². The summed E-state index contributed by atoms with van der Waals surface area (Å²) in [5, 5.41) is 0. The monoisotopic (exact) mass is 274 g/mol. The Kier molecular flexibility index (Phi) is 4.35. The number of ether oxygens (including phenoxy) is 2. The van der Waals surface area contributed by atoms with Gasteiger partial charge in [0, 0.05) is 6.92 Å². The predicted molar refractivity (Wildman–Crippen MR) is 74.3 cm³/mol. The molecule has 0 radical (unpaired) electrons. The van der Waals surface area contributed by atoms with Gasteiger partial charge in [-0.1, -0.05) is 18.2 Å². The molecule has 106 valence electrons. The van der Waals surface area contributed by atoms with Gasteiger partial charge in [-0.25, -0.2) is 0 Å². The summed E-state index contributed by atoms with van der Waals surface area (Å²) >= 11 is 0. The lowest BCUT2D eigenvalue weighted by Gasteiger charge is -2.27. The molecule has 1 aromatic rings. The van der Waals surface area contributed by atoms with Gasteiger partial charge in [0.2, 0.25) is 0 Å². The zero-order valence-corrected chi connectivity index (χ0v) is 11.9. The van der Waals surface area contributed by atoms with Crippen molar-refractivity contribution in [3.05, 3.63) is 47.0 Å². The van der Waals surface area contributed by atoms with Gasteiger partial charge in [-0.2, -0.15) is 0 Å². The lowest BCUT2D eigenvalue weighted by molar-refractivity contribution is -0.147. The number of hydrogen-bond acceptors (Lipinski definition) is 4. The molecule has 1 aliphatic heterocycles. The molecule has 0 aromatic heterocycles. The minimum Gasteiger partial charge on any atom is -0.463 e. The molecule has 2 rings (SSSR count). The van der Waals surface area contributed by atoms with Crippen molar-refractivity contribution < 1.29 is 19.1 Å². The van der Waals surface area contributed by atoms with Gasteiger partial charge >= 0.3 is 5.97 Å². The van der Waals surface area contributed by atoms with Crippen LogP contribution < -0.4 is 0 Å². The van der Waals surface area contributed by atoms with E-state index in [1.165, 1.54) is 13.0 Å². The fourth-order valence-corrected chi connectivity index (χ4v) is 2.32. The number of rotatable bonds is 3. The fourth-order valence-electron chi connectivity index (χ4n) is 2.32. The van der Waals surface area contributed by atoms with Crippen molar-refractivity contribution in [2.24, 2.45) is 0 Å². The second kappa shape index (κ2) is 6.01. The quantitative estimate of drug-likeness (QED) is 0.794. The van der Waals surface area contributed by atoms with Crippen molar-refractivity contribution in [2.75, 3.05) is 6.61 Å². The van der Waals surface area contributed by atoms with Gasteiger partial charge in [-0.15, -0.1) is 0 Å². The largest absolute Gasteiger partial charge is 0.463 e. The smallest absolute Gasteiger partial charge is 0.302 e. The molecule has 2 atom stereocenters. The molecular weight excluding hydrogens is 256 g/mol. The normalized spacial score (nSPS) is 21.9. The average molecular weight is 274 g/mol. The summed E-state index contributed by atoms with van der Waals surface area (Å²) in [6.45, 7) is 5.39. The van der Waals surface area contributed by atoms with E-state index in [2.05, 4.69) is 0 Å². The highest BCUT2D eigenvalue weighted by atomic mass is 16.6. The summed E-state index contributed by atoms with van der Waals surface area (Å²) in [5.74, 6) is -0.441. The molecule has 0 aliphatic carbocycles. The van der Waals surface area contributed by atoms with Crippen molar-refractivity contribution in [2.45, 2.75) is 33.0 Å². The maximum absolute atomic E-state index is 12.1. The van der Waals surface area contributed by atoms with E-state index in [9.17, 15) is 9.59 Å². The summed E-state index contributed by atoms with van der Waals surface area (Å²) in [6.07, 6.45) is 2.13. The van der Waals surface area contributed by atoms with E-state index >= 15 is 0 Å². The number of aryl methyl sites for hydroxylation is 2. The highest BCUT2D eigenvalue weighted by Gasteiger charge is 2.29. The topological polar surface area (TPSA) is 52.6 Å². The van der Waals surface area contributed by atoms with Crippen LogP contribution in [0.25, 0.3) is 0 Å². The van der Waals surface area contributed by atoms with Gasteiger partial charge in [-0.05, 0) is 42.7 Å². The van der Waals surface area contributed by atoms with Crippen LogP contribution in [0.15, 0.2) is 30.4 Å². The first kappa shape index (κ1) is 14.5. The van der Waals surface area contributed by atoms with Crippen molar-refractivity contribution >= 4 is 11.8 Å². The number of carbonyl (C=O) groups is 2. The molecule has 0 bridgehead atoms. The van der Waals surface area contributed by atoms with Crippen LogP contribution in [0.2, 0.25) is 0 Å². The minimum absolute atomic E-state index is 0.0820. The Labute approximate surface area is 118 Å². The van der Waals surface area contributed by atoms with E-state index in [1.807, 2.05) is 32.0 Å². The van der Waals surface area contributed by atoms with Crippen LogP contribution >= 0.6 is 0 Å². The molecule has 0 N–H and O–H groups in total. The fraction of sp³-hybridized carbons (Fsp3) is 0.375. The van der Waals surface area contributed by atoms with Gasteiger partial charge in [-0.3, -0.25) is 9.59 Å². The molecule has 0 spiro atoms. The summed E-state index contributed by atoms with van der Waals surface area (Å²) < 4.78 is 10.7. The van der Waals surface area contributed by atoms with E-state index in [4.69, 9.17) is 9.47 Å². The highest BCUT2D eigenvalue weighted by Crippen LogP contribution is 2.30. The second-order valence-electron chi connectivity index (χ2n) is 4.92. The Hall–Kier alpha value is -1.94. The zero-order chi connectivity index (χ0) is 14.7. The summed E-state index contributed by atoms with van der Waals surface area (Å²) in [5.41, 5.74) is 2.93. The van der Waals surface area contributed by atoms with E-state index < -0.39 is 6.10 Å². The van der Waals surface area contributed by atoms with Crippen LogP contribution in [0.3, 0.4) is 0 Å². The van der Waals surface area contributed by atoms with Gasteiger partial charge in [0.15, 0.2) is 5.78 Å². The summed E-state index contributed by atoms with van der Waals surface area (Å²) in [4.78, 5) is 22.9. The Bertz CT molecular complexity index is 539. The summed E-state index contributed by atoms with van der Waals surface area (Å²) in [6, 6.07) is 5.87. The van der Waals surface area contributed by atoms with Gasteiger partial charge in [0.25, 0.3) is 0 Å². The van der Waals surface area contributed by atoms with Crippen molar-refractivity contribution in [1.29, 1.82) is 0 Å². The van der Waals surface area contributed by atoms with Gasteiger partial charge < -0.3 is 9.47 Å². The van der Waals surface area contributed by atoms with Crippen LogP contribution in [-0.2, 0) is 19.1 Å². The molecule has 0 fully saturated rings. The molecule has 1 aliphatic rings. The summed E-state index contributed by atoms with van der Waals surface area (Å²) in [7, 11) is 0. The van der Waals surface area contributed by atoms with Gasteiger partial charge in [0.1, 0.15) is 18.8 Å². The SMILES string of the molecule is CC(=O)OC[C@@H]1C=CC(=O)[C@@H](c2c(C)cccc2C)O1. The Morgan fingerprint density at radius 3 is 2.55 bits per heavy atom. The molecule has 0 saturated carbocycles. The van der Waals surface area contributed by atoms with Gasteiger partial charge in [0.05, 0.1) is 0 Å². The predicted octanol–water partition coefficient (Wildman–Crippen LogP) is 2.43. The zero-order valence-electron chi connectivity index (χ0n) is 11.9. The van der Waals surface area contributed by atoms with E-state index in [1.54, 1.807) is 6.08 Å². The molecule has 20 heavy (non-hydrogen) atoms. The standard InChI is InChI=1S/C16H18O4/c1-10-5-4-6-11(2)15(10)16-14(18)8-7-13(20-16)9-19-12(3)17/h4-8,13,16H,9H2,1-3H3/t13-,16-/m0/s1. The maximum atomic E-state index is 12.1. The molecule has 1 heterocycles. The Morgan fingerprint density at radius 1 is 1.30 bits per heavy atom. The average Bonchev–Trinajstić information content (AvgIpc) is 2.39. The highest BCUT2D eigenvalue weighted by molar-refractivity contribution is 5.95. The molecule has 4 nitrogen and oxygen atoms in total. The van der Waals surface area contributed by atoms with Crippen LogP contribution in [0, 0.1) is 13.8 Å². The van der Waals surface area contributed by atoms with Crippen LogP contribution in [0.4, 0.5) is 0 Å². The Balaban J connectivity index is 2.22. The number of hydrogen-bond donors (Lipinski definition) is 0. The Morgan fingerprint density at radius 2 is 1.95 bits per heavy atom. The first-order valence-corrected chi connectivity index (χ1v) is 6.56. The molecular formula is C16H18O4. The third-order valence-corrected chi connectivity index (χ3v) is 3.30. The van der Waals surface area contributed by atoms with Crippen molar-refractivity contribution in [3.63, 3.8) is 0 Å². The van der Waals surface area contributed by atoms with E-state index in [0.29, 0.717) is 0 Å². The first-order valence-electron chi connectivity index (χ1n) is 6.56. The first-order chi connectivity index (χ1) is 9.49. The lowest BCUT2D eigenvalue weighted by Crippen LogP contribution is -2.30. The minimum atomic E-state index is -0.623. The number of ketones is 1. The van der Waals surface area contributed by atoms with E-state index in [0.717, 1.165) is 16.7 Å². The van der Waals surface area contributed by atoms with Crippen molar-refractivity contribution in [3.8, 4) is 0 Å². The molecule has 0 saturated heterocycles. The lowest BCUT2D eigenvalue weighted by atomic mass is 9.94.